The summed E-state index contributed by atoms with van der Waals surface area (Å²) >= 11 is 0. The van der Waals surface area contributed by atoms with Crippen molar-refractivity contribution in [2.24, 2.45) is 0 Å². The average molecular weight is 275 g/mol. The van der Waals surface area contributed by atoms with E-state index in [1.165, 1.54) is 0 Å². The summed E-state index contributed by atoms with van der Waals surface area (Å²) in [6, 6.07) is 2.23. The fraction of sp³-hybridized carbons (Fsp3) is 0.0909. The lowest BCUT2D eigenvalue weighted by atomic mass is 10.2. The molecule has 19 heavy (non-hydrogen) atoms. The minimum Gasteiger partial charge on any atom is -0.475 e. The van der Waals surface area contributed by atoms with Gasteiger partial charge < -0.3 is 9.52 Å². The zero-order valence-electron chi connectivity index (χ0n) is 9.03. The second kappa shape index (κ2) is 4.71. The summed E-state index contributed by atoms with van der Waals surface area (Å²) in [4.78, 5) is 13.9. The predicted octanol–water partition coefficient (Wildman–Crippen LogP) is 3.26. The number of aromatic carboxylic acids is 1. The second-order valence-electron chi connectivity index (χ2n) is 3.46. The maximum atomic E-state index is 13.4. The number of nitrogens with zero attached hydrogens (tertiary/aromatic N) is 1. The van der Waals surface area contributed by atoms with Gasteiger partial charge in [0, 0.05) is 0 Å². The van der Waals surface area contributed by atoms with E-state index in [1.54, 1.807) is 0 Å². The molecule has 2 rings (SSSR count). The van der Waals surface area contributed by atoms with E-state index in [0.717, 1.165) is 12.1 Å². The number of alkyl halides is 2. The Morgan fingerprint density at radius 3 is 2.53 bits per heavy atom. The number of rotatable bonds is 3. The Labute approximate surface area is 103 Å². The molecule has 2 aromatic rings. The van der Waals surface area contributed by atoms with Crippen LogP contribution in [0.2, 0.25) is 0 Å². The first-order chi connectivity index (χ1) is 8.90. The zero-order chi connectivity index (χ0) is 14.2. The maximum absolute atomic E-state index is 13.4. The van der Waals surface area contributed by atoms with Gasteiger partial charge in [-0.15, -0.1) is 0 Å². The number of halogens is 4. The molecule has 0 spiro atoms. The van der Waals surface area contributed by atoms with Gasteiger partial charge >= 0.3 is 5.97 Å². The van der Waals surface area contributed by atoms with Gasteiger partial charge in [-0.25, -0.2) is 27.3 Å². The van der Waals surface area contributed by atoms with Gasteiger partial charge in [0.1, 0.15) is 11.6 Å². The van der Waals surface area contributed by atoms with Gasteiger partial charge in [-0.2, -0.15) is 0 Å². The monoisotopic (exact) mass is 275 g/mol. The Bertz CT molecular complexity index is 639. The molecule has 1 aromatic carbocycles. The summed E-state index contributed by atoms with van der Waals surface area (Å²) in [5, 5.41) is 8.66. The van der Waals surface area contributed by atoms with Crippen LogP contribution in [0.3, 0.4) is 0 Å². The third kappa shape index (κ3) is 2.42. The number of benzene rings is 1. The van der Waals surface area contributed by atoms with Crippen molar-refractivity contribution in [2.75, 3.05) is 0 Å². The van der Waals surface area contributed by atoms with E-state index in [4.69, 9.17) is 5.11 Å². The highest BCUT2D eigenvalue weighted by atomic mass is 19.3. The van der Waals surface area contributed by atoms with Crippen molar-refractivity contribution in [1.29, 1.82) is 0 Å². The fourth-order valence-corrected chi connectivity index (χ4v) is 1.41. The lowest BCUT2D eigenvalue weighted by Crippen LogP contribution is -1.99. The smallest absolute Gasteiger partial charge is 0.374 e. The van der Waals surface area contributed by atoms with Crippen molar-refractivity contribution in [1.82, 2.24) is 4.98 Å². The van der Waals surface area contributed by atoms with Gasteiger partial charge in [-0.05, 0) is 18.2 Å². The molecule has 8 heteroatoms. The first-order valence-corrected chi connectivity index (χ1v) is 4.87. The minimum atomic E-state index is -3.21. The molecule has 0 aliphatic rings. The van der Waals surface area contributed by atoms with E-state index < -0.39 is 46.9 Å². The minimum absolute atomic E-state index is 0.533. The Morgan fingerprint density at radius 2 is 2.00 bits per heavy atom. The molecule has 0 fully saturated rings. The number of carbonyl (C=O) groups is 1. The third-order valence-corrected chi connectivity index (χ3v) is 2.21. The highest BCUT2D eigenvalue weighted by Crippen LogP contribution is 2.30. The van der Waals surface area contributed by atoms with Crippen LogP contribution in [-0.4, -0.2) is 16.1 Å². The maximum Gasteiger partial charge on any atom is 0.374 e. The van der Waals surface area contributed by atoms with E-state index >= 15 is 0 Å². The molecule has 1 N–H and O–H groups in total. The molecular weight excluding hydrogens is 270 g/mol. The van der Waals surface area contributed by atoms with Gasteiger partial charge in [0.25, 0.3) is 6.43 Å². The van der Waals surface area contributed by atoms with E-state index in [2.05, 4.69) is 9.40 Å². The number of carboxylic acids is 1. The number of carboxylic acid groups (broad SMARTS) is 1. The summed E-state index contributed by atoms with van der Waals surface area (Å²) < 4.78 is 56.0. The van der Waals surface area contributed by atoms with Crippen molar-refractivity contribution in [3.05, 3.63) is 41.3 Å². The van der Waals surface area contributed by atoms with E-state index in [0.29, 0.717) is 6.07 Å². The van der Waals surface area contributed by atoms with Gasteiger partial charge in [-0.3, -0.25) is 0 Å². The molecule has 0 atom stereocenters. The summed E-state index contributed by atoms with van der Waals surface area (Å²) in [6.07, 6.45) is -3.21. The molecule has 0 amide bonds. The Morgan fingerprint density at radius 1 is 1.32 bits per heavy atom. The van der Waals surface area contributed by atoms with Crippen LogP contribution in [-0.2, 0) is 0 Å². The highest BCUT2D eigenvalue weighted by molar-refractivity contribution is 5.86. The van der Waals surface area contributed by atoms with E-state index in [1.807, 2.05) is 0 Å². The van der Waals surface area contributed by atoms with E-state index in [-0.39, 0.29) is 0 Å². The Kier molecular flexibility index (Phi) is 3.24. The highest BCUT2D eigenvalue weighted by Gasteiger charge is 2.27. The van der Waals surface area contributed by atoms with Crippen LogP contribution in [0.15, 0.2) is 22.6 Å². The van der Waals surface area contributed by atoms with Crippen LogP contribution >= 0.6 is 0 Å². The molecule has 0 radical (unpaired) electrons. The first-order valence-electron chi connectivity index (χ1n) is 4.87. The molecule has 0 aliphatic heterocycles. The molecule has 1 aromatic heterocycles. The molecule has 0 saturated heterocycles. The molecule has 4 nitrogen and oxygen atoms in total. The van der Waals surface area contributed by atoms with Crippen molar-refractivity contribution >= 4 is 5.97 Å². The van der Waals surface area contributed by atoms with Crippen LogP contribution in [0.25, 0.3) is 11.5 Å². The van der Waals surface area contributed by atoms with Gasteiger partial charge in [0.2, 0.25) is 11.7 Å². The zero-order valence-corrected chi connectivity index (χ0v) is 9.03. The topological polar surface area (TPSA) is 63.3 Å². The van der Waals surface area contributed by atoms with Gasteiger partial charge in [-0.1, -0.05) is 0 Å². The summed E-state index contributed by atoms with van der Waals surface area (Å²) in [7, 11) is 0. The summed E-state index contributed by atoms with van der Waals surface area (Å²) in [5.41, 5.74) is -1.67. The standard InChI is InChI=1S/C11H5F4NO3/c12-4-1-2-6(13)5(3-4)10-16-7(9(14)15)8(19-10)11(17)18/h1-3,9H,(H,17,18). The normalized spacial score (nSPS) is 11.0. The number of hydrogen-bond donors (Lipinski definition) is 1. The van der Waals surface area contributed by atoms with E-state index in [9.17, 15) is 22.4 Å². The van der Waals surface area contributed by atoms with Gasteiger partial charge in [0.05, 0.1) is 5.56 Å². The number of oxazole rings is 1. The van der Waals surface area contributed by atoms with Crippen molar-refractivity contribution in [3.63, 3.8) is 0 Å². The fourth-order valence-electron chi connectivity index (χ4n) is 1.41. The van der Waals surface area contributed by atoms with Crippen LogP contribution in [0, 0.1) is 11.6 Å². The van der Waals surface area contributed by atoms with Crippen molar-refractivity contribution < 1.29 is 31.9 Å². The second-order valence-corrected chi connectivity index (χ2v) is 3.46. The number of hydrogen-bond acceptors (Lipinski definition) is 3. The van der Waals surface area contributed by atoms with Gasteiger partial charge in [0.15, 0.2) is 5.69 Å². The summed E-state index contributed by atoms with van der Waals surface area (Å²) in [5.74, 6) is -5.41. The first kappa shape index (κ1) is 13.1. The predicted molar refractivity (Wildman–Crippen MR) is 53.8 cm³/mol. The Hall–Kier alpha value is -2.38. The quantitative estimate of drug-likeness (QED) is 0.873. The Balaban J connectivity index is 2.60. The average Bonchev–Trinajstić information content (AvgIpc) is 2.77. The lowest BCUT2D eigenvalue weighted by molar-refractivity contribution is 0.0646. The SMILES string of the molecule is O=C(O)c1oc(-c2cc(F)ccc2F)nc1C(F)F. The van der Waals surface area contributed by atoms with Crippen LogP contribution in [0.4, 0.5) is 17.6 Å². The molecule has 0 saturated carbocycles. The largest absolute Gasteiger partial charge is 0.475 e. The van der Waals surface area contributed by atoms with Crippen LogP contribution < -0.4 is 0 Å². The van der Waals surface area contributed by atoms with Crippen molar-refractivity contribution in [3.8, 4) is 11.5 Å². The molecule has 0 bridgehead atoms. The third-order valence-electron chi connectivity index (χ3n) is 2.21. The summed E-state index contributed by atoms with van der Waals surface area (Å²) in [6.45, 7) is 0. The molecule has 1 heterocycles. The van der Waals surface area contributed by atoms with Crippen LogP contribution in [0.1, 0.15) is 22.7 Å². The number of aromatic nitrogens is 1. The van der Waals surface area contributed by atoms with Crippen LogP contribution in [0.5, 0.6) is 0 Å². The molecule has 0 aliphatic carbocycles. The molecular formula is C11H5F4NO3. The molecule has 100 valence electrons. The lowest BCUT2D eigenvalue weighted by Gasteiger charge is -1.97. The molecule has 0 unspecified atom stereocenters. The van der Waals surface area contributed by atoms with Crippen molar-refractivity contribution in [2.45, 2.75) is 6.43 Å².